The lowest BCUT2D eigenvalue weighted by Crippen LogP contribution is -2.14. The Morgan fingerprint density at radius 1 is 0.386 bits per heavy atom. The van der Waals surface area contributed by atoms with Gasteiger partial charge in [0.1, 0.15) is 0 Å². The molecule has 0 saturated heterocycles. The van der Waals surface area contributed by atoms with E-state index in [-0.39, 0.29) is 5.41 Å². The lowest BCUT2D eigenvalue weighted by Gasteiger charge is -2.22. The van der Waals surface area contributed by atoms with Crippen molar-refractivity contribution >= 4 is 10.8 Å². The summed E-state index contributed by atoms with van der Waals surface area (Å²) in [6.07, 6.45) is 0. The molecule has 0 saturated carbocycles. The van der Waals surface area contributed by atoms with Crippen molar-refractivity contribution in [3.8, 4) is 84.5 Å². The third-order valence-corrected chi connectivity index (χ3v) is 11.6. The van der Waals surface area contributed by atoms with Crippen LogP contribution in [0.25, 0.3) is 89.2 Å². The molecule has 0 unspecified atom stereocenters. The standard InChI is InChI=1S/C54H37N3/c1-54(2)49-18-9-8-17-46(49)47-28-27-41(32-50(47)54)37-23-25-38(26-24-37)43-29-30-48(45-16-7-6-15-44(43)45)52-33-51(56-53(57-52)39-11-4-3-5-12-39)42-14-10-13-40(31-42)36-21-19-35(34-55)20-22-36/h3-33H,1-2H3. The van der Waals surface area contributed by atoms with E-state index in [4.69, 9.17) is 9.97 Å². The largest absolute Gasteiger partial charge is 0.228 e. The van der Waals surface area contributed by atoms with Crippen LogP contribution < -0.4 is 0 Å². The first kappa shape index (κ1) is 34.1. The minimum atomic E-state index is -0.0367. The minimum absolute atomic E-state index is 0.0367. The Morgan fingerprint density at radius 3 is 1.70 bits per heavy atom. The van der Waals surface area contributed by atoms with Gasteiger partial charge in [-0.3, -0.25) is 0 Å². The van der Waals surface area contributed by atoms with Crippen LogP contribution in [0.1, 0.15) is 30.5 Å². The van der Waals surface area contributed by atoms with Crippen molar-refractivity contribution in [2.45, 2.75) is 19.3 Å². The van der Waals surface area contributed by atoms with Crippen molar-refractivity contribution in [1.82, 2.24) is 9.97 Å². The summed E-state index contributed by atoms with van der Waals surface area (Å²) >= 11 is 0. The van der Waals surface area contributed by atoms with Crippen LogP contribution in [-0.4, -0.2) is 9.97 Å². The maximum Gasteiger partial charge on any atom is 0.160 e. The molecule has 3 heteroatoms. The second-order valence-corrected chi connectivity index (χ2v) is 15.3. The number of nitriles is 1. The number of hydrogen-bond donors (Lipinski definition) is 0. The van der Waals surface area contributed by atoms with Gasteiger partial charge < -0.3 is 0 Å². The molecule has 9 aromatic rings. The van der Waals surface area contributed by atoms with Crippen LogP contribution in [0.4, 0.5) is 0 Å². The summed E-state index contributed by atoms with van der Waals surface area (Å²) in [5.74, 6) is 0.675. The van der Waals surface area contributed by atoms with Crippen molar-refractivity contribution in [3.63, 3.8) is 0 Å². The van der Waals surface area contributed by atoms with Crippen molar-refractivity contribution in [2.75, 3.05) is 0 Å². The molecule has 1 aromatic heterocycles. The molecule has 10 rings (SSSR count). The fourth-order valence-electron chi connectivity index (χ4n) is 8.54. The maximum absolute atomic E-state index is 9.31. The fourth-order valence-corrected chi connectivity index (χ4v) is 8.54. The third kappa shape index (κ3) is 6.00. The number of rotatable bonds is 6. The van der Waals surface area contributed by atoms with Gasteiger partial charge in [-0.25, -0.2) is 9.97 Å². The van der Waals surface area contributed by atoms with E-state index in [1.807, 2.05) is 42.5 Å². The van der Waals surface area contributed by atoms with Crippen molar-refractivity contribution < 1.29 is 0 Å². The highest BCUT2D eigenvalue weighted by atomic mass is 14.9. The zero-order chi connectivity index (χ0) is 38.5. The van der Waals surface area contributed by atoms with Crippen molar-refractivity contribution in [3.05, 3.63) is 205 Å². The van der Waals surface area contributed by atoms with E-state index in [2.05, 4.69) is 166 Å². The Bertz CT molecular complexity index is 3020. The van der Waals surface area contributed by atoms with Gasteiger partial charge in [0, 0.05) is 22.1 Å². The Labute approximate surface area is 333 Å². The second kappa shape index (κ2) is 13.7. The molecular formula is C54H37N3. The number of nitrogens with zero attached hydrogens (tertiary/aromatic N) is 3. The van der Waals surface area contributed by atoms with Gasteiger partial charge in [0.25, 0.3) is 0 Å². The summed E-state index contributed by atoms with van der Waals surface area (Å²) in [6.45, 7) is 4.67. The van der Waals surface area contributed by atoms with Crippen LogP contribution in [-0.2, 0) is 5.41 Å². The van der Waals surface area contributed by atoms with Crippen molar-refractivity contribution in [2.24, 2.45) is 0 Å². The SMILES string of the molecule is CC1(C)c2ccccc2-c2ccc(-c3ccc(-c4ccc(-c5cc(-c6cccc(-c7ccc(C#N)cc7)c6)nc(-c6ccccc6)n5)c5ccccc45)cc3)cc21. The third-order valence-electron chi connectivity index (χ3n) is 11.6. The molecule has 57 heavy (non-hydrogen) atoms. The lowest BCUT2D eigenvalue weighted by molar-refractivity contribution is 0.660. The average molecular weight is 728 g/mol. The molecule has 0 aliphatic heterocycles. The highest BCUT2D eigenvalue weighted by Gasteiger charge is 2.35. The first-order chi connectivity index (χ1) is 27.9. The van der Waals surface area contributed by atoms with Gasteiger partial charge in [-0.15, -0.1) is 0 Å². The van der Waals surface area contributed by atoms with Gasteiger partial charge >= 0.3 is 0 Å². The van der Waals surface area contributed by atoms with E-state index in [9.17, 15) is 5.26 Å². The highest BCUT2D eigenvalue weighted by molar-refractivity contribution is 6.05. The molecule has 0 fully saturated rings. The zero-order valence-electron chi connectivity index (χ0n) is 31.7. The smallest absolute Gasteiger partial charge is 0.160 e. The molecule has 1 aliphatic rings. The zero-order valence-corrected chi connectivity index (χ0v) is 31.7. The van der Waals surface area contributed by atoms with Crippen molar-refractivity contribution in [1.29, 1.82) is 5.26 Å². The van der Waals surface area contributed by atoms with E-state index >= 15 is 0 Å². The molecule has 0 amide bonds. The van der Waals surface area contributed by atoms with E-state index in [0.29, 0.717) is 11.4 Å². The Kier molecular flexibility index (Phi) is 8.20. The number of aromatic nitrogens is 2. The topological polar surface area (TPSA) is 49.6 Å². The number of hydrogen-bond acceptors (Lipinski definition) is 3. The quantitative estimate of drug-likeness (QED) is 0.171. The fraction of sp³-hybridized carbons (Fsp3) is 0.0556. The predicted octanol–water partition coefficient (Wildman–Crippen LogP) is 13.8. The van der Waals surface area contributed by atoms with Gasteiger partial charge in [0.05, 0.1) is 23.0 Å². The second-order valence-electron chi connectivity index (χ2n) is 15.3. The van der Waals surface area contributed by atoms with Gasteiger partial charge in [-0.05, 0) is 96.7 Å². The average Bonchev–Trinajstić information content (AvgIpc) is 3.51. The lowest BCUT2D eigenvalue weighted by atomic mass is 9.81. The Hall–Kier alpha value is -7.41. The number of fused-ring (bicyclic) bond motifs is 4. The molecule has 0 radical (unpaired) electrons. The normalized spacial score (nSPS) is 12.5. The van der Waals surface area contributed by atoms with Crippen LogP contribution >= 0.6 is 0 Å². The monoisotopic (exact) mass is 727 g/mol. The molecule has 0 spiro atoms. The molecule has 1 heterocycles. The summed E-state index contributed by atoms with van der Waals surface area (Å²) in [6, 6.07) is 68.4. The summed E-state index contributed by atoms with van der Waals surface area (Å²) < 4.78 is 0. The van der Waals surface area contributed by atoms with E-state index in [1.54, 1.807) is 0 Å². The van der Waals surface area contributed by atoms with E-state index in [0.717, 1.165) is 44.6 Å². The van der Waals surface area contributed by atoms with Crippen LogP contribution in [0.3, 0.4) is 0 Å². The first-order valence-corrected chi connectivity index (χ1v) is 19.4. The maximum atomic E-state index is 9.31. The molecular weight excluding hydrogens is 691 g/mol. The molecule has 0 bridgehead atoms. The molecule has 1 aliphatic carbocycles. The summed E-state index contributed by atoms with van der Waals surface area (Å²) in [7, 11) is 0. The number of benzene rings is 8. The van der Waals surface area contributed by atoms with Gasteiger partial charge in [-0.2, -0.15) is 5.26 Å². The van der Waals surface area contributed by atoms with Crippen LogP contribution in [0.15, 0.2) is 188 Å². The summed E-state index contributed by atoms with van der Waals surface area (Å²) in [4.78, 5) is 10.3. The molecule has 0 atom stereocenters. The molecule has 8 aromatic carbocycles. The summed E-state index contributed by atoms with van der Waals surface area (Å²) in [5, 5.41) is 11.6. The van der Waals surface area contributed by atoms with Crippen LogP contribution in [0.5, 0.6) is 0 Å². The van der Waals surface area contributed by atoms with E-state index in [1.165, 1.54) is 49.9 Å². The summed E-state index contributed by atoms with van der Waals surface area (Å²) in [5.41, 5.74) is 17.7. The minimum Gasteiger partial charge on any atom is -0.228 e. The van der Waals surface area contributed by atoms with Crippen LogP contribution in [0, 0.1) is 11.3 Å². The van der Waals surface area contributed by atoms with E-state index < -0.39 is 0 Å². The predicted molar refractivity (Wildman–Crippen MR) is 234 cm³/mol. The molecule has 268 valence electrons. The molecule has 0 N–H and O–H groups in total. The first-order valence-electron chi connectivity index (χ1n) is 19.4. The molecule has 3 nitrogen and oxygen atoms in total. The van der Waals surface area contributed by atoms with Crippen LogP contribution in [0.2, 0.25) is 0 Å². The van der Waals surface area contributed by atoms with Gasteiger partial charge in [0.2, 0.25) is 0 Å². The highest BCUT2D eigenvalue weighted by Crippen LogP contribution is 2.49. The van der Waals surface area contributed by atoms with Gasteiger partial charge in [-0.1, -0.05) is 172 Å². The van der Waals surface area contributed by atoms with Gasteiger partial charge in [0.15, 0.2) is 5.82 Å². The Morgan fingerprint density at radius 2 is 0.930 bits per heavy atom. The Balaban J connectivity index is 1.04.